The monoisotopic (exact) mass is 350 g/mol. The van der Waals surface area contributed by atoms with Crippen LogP contribution in [0.5, 0.6) is 0 Å². The van der Waals surface area contributed by atoms with Gasteiger partial charge in [0.2, 0.25) is 5.91 Å². The molecule has 1 fully saturated rings. The predicted molar refractivity (Wildman–Crippen MR) is 103 cm³/mol. The largest absolute Gasteiger partial charge is 0.339 e. The fourth-order valence-electron chi connectivity index (χ4n) is 3.28. The maximum Gasteiger partial charge on any atom is 0.253 e. The number of piperazine rings is 1. The number of hydrogen-bond acceptors (Lipinski definition) is 2. The summed E-state index contributed by atoms with van der Waals surface area (Å²) in [5, 5.41) is 0. The van der Waals surface area contributed by atoms with Gasteiger partial charge in [0.25, 0.3) is 5.91 Å². The fourth-order valence-corrected chi connectivity index (χ4v) is 3.28. The molecule has 136 valence electrons. The highest BCUT2D eigenvalue weighted by atomic mass is 16.2. The molecule has 1 aliphatic rings. The summed E-state index contributed by atoms with van der Waals surface area (Å²) in [6, 6.07) is 17.9. The first-order chi connectivity index (χ1) is 12.7. The number of rotatable bonds is 5. The second-order valence-electron chi connectivity index (χ2n) is 6.71. The van der Waals surface area contributed by atoms with Gasteiger partial charge in [-0.3, -0.25) is 9.59 Å². The van der Waals surface area contributed by atoms with Crippen LogP contribution in [0.1, 0.15) is 34.8 Å². The van der Waals surface area contributed by atoms with Crippen molar-refractivity contribution in [2.75, 3.05) is 26.2 Å². The summed E-state index contributed by atoms with van der Waals surface area (Å²) in [5.74, 6) is 0.234. The summed E-state index contributed by atoms with van der Waals surface area (Å²) in [6.45, 7) is 4.54. The molecule has 1 aliphatic heterocycles. The van der Waals surface area contributed by atoms with E-state index in [0.717, 1.165) is 18.4 Å². The number of carbonyl (C=O) groups is 2. The van der Waals surface area contributed by atoms with E-state index in [1.165, 1.54) is 11.1 Å². The lowest BCUT2D eigenvalue weighted by Crippen LogP contribution is -2.50. The van der Waals surface area contributed by atoms with Gasteiger partial charge in [-0.05, 0) is 36.1 Å². The zero-order valence-electron chi connectivity index (χ0n) is 15.4. The SMILES string of the molecule is CCc1ccc(C(=O)N2CCN(C(=O)CCc3ccccc3)CC2)cc1. The molecule has 2 aromatic rings. The summed E-state index contributed by atoms with van der Waals surface area (Å²) in [7, 11) is 0. The van der Waals surface area contributed by atoms with E-state index in [1.807, 2.05) is 64.4 Å². The number of nitrogens with zero attached hydrogens (tertiary/aromatic N) is 2. The predicted octanol–water partition coefficient (Wildman–Crippen LogP) is 3.17. The van der Waals surface area contributed by atoms with Crippen molar-refractivity contribution in [3.8, 4) is 0 Å². The maximum absolute atomic E-state index is 12.6. The van der Waals surface area contributed by atoms with Gasteiger partial charge in [0.15, 0.2) is 0 Å². The van der Waals surface area contributed by atoms with Gasteiger partial charge >= 0.3 is 0 Å². The topological polar surface area (TPSA) is 40.6 Å². The summed E-state index contributed by atoms with van der Waals surface area (Å²) >= 11 is 0. The van der Waals surface area contributed by atoms with Crippen LogP contribution in [0, 0.1) is 0 Å². The van der Waals surface area contributed by atoms with Crippen LogP contribution < -0.4 is 0 Å². The molecular formula is C22H26N2O2. The average Bonchev–Trinajstić information content (AvgIpc) is 2.72. The van der Waals surface area contributed by atoms with Crippen LogP contribution in [0.3, 0.4) is 0 Å². The van der Waals surface area contributed by atoms with Gasteiger partial charge in [0, 0.05) is 38.2 Å². The first-order valence-electron chi connectivity index (χ1n) is 9.37. The van der Waals surface area contributed by atoms with Crippen molar-refractivity contribution < 1.29 is 9.59 Å². The third-order valence-corrected chi connectivity index (χ3v) is 5.00. The number of amides is 2. The van der Waals surface area contributed by atoms with Crippen molar-refractivity contribution in [2.24, 2.45) is 0 Å². The molecule has 1 saturated heterocycles. The van der Waals surface area contributed by atoms with E-state index in [4.69, 9.17) is 0 Å². The Kier molecular flexibility index (Phi) is 6.05. The van der Waals surface area contributed by atoms with Crippen LogP contribution in [0.15, 0.2) is 54.6 Å². The molecule has 0 saturated carbocycles. The molecule has 0 unspecified atom stereocenters. The Labute approximate surface area is 155 Å². The van der Waals surface area contributed by atoms with E-state index in [-0.39, 0.29) is 11.8 Å². The summed E-state index contributed by atoms with van der Waals surface area (Å²) < 4.78 is 0. The lowest BCUT2D eigenvalue weighted by atomic mass is 10.1. The third-order valence-electron chi connectivity index (χ3n) is 5.00. The number of carbonyl (C=O) groups excluding carboxylic acids is 2. The zero-order chi connectivity index (χ0) is 18.4. The molecule has 0 atom stereocenters. The Morgan fingerprint density at radius 3 is 2.04 bits per heavy atom. The van der Waals surface area contributed by atoms with Gasteiger partial charge < -0.3 is 9.80 Å². The smallest absolute Gasteiger partial charge is 0.253 e. The minimum atomic E-state index is 0.0593. The van der Waals surface area contributed by atoms with E-state index in [9.17, 15) is 9.59 Å². The van der Waals surface area contributed by atoms with Crippen molar-refractivity contribution in [2.45, 2.75) is 26.2 Å². The number of hydrogen-bond donors (Lipinski definition) is 0. The highest BCUT2D eigenvalue weighted by Crippen LogP contribution is 2.12. The van der Waals surface area contributed by atoms with Crippen LogP contribution in [0.25, 0.3) is 0 Å². The lowest BCUT2D eigenvalue weighted by Gasteiger charge is -2.35. The van der Waals surface area contributed by atoms with Crippen molar-refractivity contribution >= 4 is 11.8 Å². The van der Waals surface area contributed by atoms with Gasteiger partial charge in [0.05, 0.1) is 0 Å². The Bertz CT molecular complexity index is 732. The Morgan fingerprint density at radius 1 is 0.808 bits per heavy atom. The van der Waals surface area contributed by atoms with Crippen molar-refractivity contribution in [3.05, 3.63) is 71.3 Å². The van der Waals surface area contributed by atoms with Crippen LogP contribution in [0.4, 0.5) is 0 Å². The van der Waals surface area contributed by atoms with Gasteiger partial charge in [-0.25, -0.2) is 0 Å². The van der Waals surface area contributed by atoms with E-state index in [2.05, 4.69) is 6.92 Å². The van der Waals surface area contributed by atoms with E-state index < -0.39 is 0 Å². The number of aryl methyl sites for hydroxylation is 2. The molecule has 0 aromatic heterocycles. The summed E-state index contributed by atoms with van der Waals surface area (Å²) in [5.41, 5.74) is 3.15. The van der Waals surface area contributed by atoms with E-state index in [0.29, 0.717) is 32.6 Å². The molecule has 0 N–H and O–H groups in total. The van der Waals surface area contributed by atoms with E-state index >= 15 is 0 Å². The lowest BCUT2D eigenvalue weighted by molar-refractivity contribution is -0.132. The molecule has 0 radical (unpaired) electrons. The van der Waals surface area contributed by atoms with Crippen LogP contribution in [-0.4, -0.2) is 47.8 Å². The first-order valence-corrected chi connectivity index (χ1v) is 9.37. The molecule has 0 spiro atoms. The minimum Gasteiger partial charge on any atom is -0.339 e. The van der Waals surface area contributed by atoms with Crippen molar-refractivity contribution in [1.82, 2.24) is 9.80 Å². The summed E-state index contributed by atoms with van der Waals surface area (Å²) in [4.78, 5) is 28.8. The van der Waals surface area contributed by atoms with Crippen LogP contribution >= 0.6 is 0 Å². The van der Waals surface area contributed by atoms with Gasteiger partial charge in [-0.2, -0.15) is 0 Å². The Morgan fingerprint density at radius 2 is 1.42 bits per heavy atom. The van der Waals surface area contributed by atoms with Crippen LogP contribution in [0.2, 0.25) is 0 Å². The average molecular weight is 350 g/mol. The van der Waals surface area contributed by atoms with E-state index in [1.54, 1.807) is 0 Å². The molecule has 0 aliphatic carbocycles. The molecular weight excluding hydrogens is 324 g/mol. The zero-order valence-corrected chi connectivity index (χ0v) is 15.4. The summed E-state index contributed by atoms with van der Waals surface area (Å²) in [6.07, 6.45) is 2.26. The van der Waals surface area contributed by atoms with Gasteiger partial charge in [-0.15, -0.1) is 0 Å². The molecule has 2 amide bonds. The Hall–Kier alpha value is -2.62. The molecule has 4 nitrogen and oxygen atoms in total. The minimum absolute atomic E-state index is 0.0593. The second-order valence-corrected chi connectivity index (χ2v) is 6.71. The van der Waals surface area contributed by atoms with Crippen molar-refractivity contribution in [3.63, 3.8) is 0 Å². The number of benzene rings is 2. The standard InChI is InChI=1S/C22H26N2O2/c1-2-18-8-11-20(12-9-18)22(26)24-16-14-23(15-17-24)21(25)13-10-19-6-4-3-5-7-19/h3-9,11-12H,2,10,13-17H2,1H3. The fraction of sp³-hybridized carbons (Fsp3) is 0.364. The molecule has 4 heteroatoms. The normalized spacial score (nSPS) is 14.3. The third kappa shape index (κ3) is 4.51. The quantitative estimate of drug-likeness (QED) is 0.831. The molecule has 1 heterocycles. The highest BCUT2D eigenvalue weighted by molar-refractivity contribution is 5.94. The van der Waals surface area contributed by atoms with Crippen LogP contribution in [-0.2, 0) is 17.6 Å². The molecule has 2 aromatic carbocycles. The maximum atomic E-state index is 12.6. The molecule has 26 heavy (non-hydrogen) atoms. The van der Waals surface area contributed by atoms with Gasteiger partial charge in [0.1, 0.15) is 0 Å². The first kappa shape index (κ1) is 18.2. The second kappa shape index (κ2) is 8.65. The van der Waals surface area contributed by atoms with Gasteiger partial charge in [-0.1, -0.05) is 49.4 Å². The molecule has 3 rings (SSSR count). The highest BCUT2D eigenvalue weighted by Gasteiger charge is 2.24. The Balaban J connectivity index is 1.48. The van der Waals surface area contributed by atoms with Crippen molar-refractivity contribution in [1.29, 1.82) is 0 Å². The molecule has 0 bridgehead atoms.